The van der Waals surface area contributed by atoms with E-state index in [-0.39, 0.29) is 23.7 Å². The van der Waals surface area contributed by atoms with Gasteiger partial charge in [-0.25, -0.2) is 4.98 Å². The first-order valence-electron chi connectivity index (χ1n) is 7.45. The van der Waals surface area contributed by atoms with Crippen LogP contribution in [0.1, 0.15) is 39.2 Å². The lowest BCUT2D eigenvalue weighted by Crippen LogP contribution is -2.37. The maximum absolute atomic E-state index is 11.9. The van der Waals surface area contributed by atoms with Crippen LogP contribution in [0.3, 0.4) is 0 Å². The molecule has 1 aromatic heterocycles. The molecule has 124 valence electrons. The van der Waals surface area contributed by atoms with Crippen LogP contribution in [0.2, 0.25) is 0 Å². The topological polar surface area (TPSA) is 68.0 Å². The summed E-state index contributed by atoms with van der Waals surface area (Å²) in [5, 5.41) is 5.38. The van der Waals surface area contributed by atoms with Crippen LogP contribution in [0, 0.1) is 0 Å². The molecule has 23 heavy (non-hydrogen) atoms. The number of aromatic nitrogens is 1. The maximum atomic E-state index is 11.9. The predicted molar refractivity (Wildman–Crippen MR) is 98.3 cm³/mol. The van der Waals surface area contributed by atoms with Gasteiger partial charge in [-0.15, -0.1) is 23.7 Å². The molecule has 3 rings (SSSR count). The average Bonchev–Trinajstić information content (AvgIpc) is 3.05. The molecule has 0 saturated heterocycles. The van der Waals surface area contributed by atoms with Gasteiger partial charge in [-0.2, -0.15) is 0 Å². The molecule has 3 N–H and O–H groups in total. The highest BCUT2D eigenvalue weighted by Gasteiger charge is 2.46. The van der Waals surface area contributed by atoms with Gasteiger partial charge < -0.3 is 11.1 Å². The van der Waals surface area contributed by atoms with Gasteiger partial charge in [0.25, 0.3) is 0 Å². The molecule has 1 aromatic carbocycles. The van der Waals surface area contributed by atoms with Crippen molar-refractivity contribution in [2.24, 2.45) is 5.73 Å². The molecule has 0 atom stereocenters. The zero-order chi connectivity index (χ0) is 16.0. The van der Waals surface area contributed by atoms with Gasteiger partial charge in [-0.3, -0.25) is 4.79 Å². The molecule has 4 nitrogen and oxygen atoms in total. The van der Waals surface area contributed by atoms with Crippen LogP contribution < -0.4 is 11.1 Å². The standard InChI is InChI=1S/C17H21N3OS.ClH/c1-16(2,3)12-6-4-11(5-7-12)13-10-22-15(19-13)20-14(21)17(18)8-9-17;/h4-7,10H,8-9,18H2,1-3H3,(H,19,20,21);1H. The first-order chi connectivity index (χ1) is 10.3. The average molecular weight is 352 g/mol. The van der Waals surface area contributed by atoms with E-state index in [1.54, 1.807) is 0 Å². The smallest absolute Gasteiger partial charge is 0.246 e. The zero-order valence-electron chi connectivity index (χ0n) is 13.6. The number of thiazole rings is 1. The first-order valence-corrected chi connectivity index (χ1v) is 8.33. The number of carbonyl (C=O) groups excluding carboxylic acids is 1. The molecule has 0 bridgehead atoms. The molecule has 1 aliphatic carbocycles. The Bertz CT molecular complexity index is 699. The molecule has 0 spiro atoms. The summed E-state index contributed by atoms with van der Waals surface area (Å²) in [5.74, 6) is -0.128. The Morgan fingerprint density at radius 1 is 1.26 bits per heavy atom. The van der Waals surface area contributed by atoms with E-state index < -0.39 is 5.54 Å². The lowest BCUT2D eigenvalue weighted by atomic mass is 9.86. The number of nitrogens with two attached hydrogens (primary N) is 1. The highest BCUT2D eigenvalue weighted by atomic mass is 35.5. The predicted octanol–water partition coefficient (Wildman–Crippen LogP) is 3.96. The van der Waals surface area contributed by atoms with E-state index in [0.29, 0.717) is 5.13 Å². The fourth-order valence-electron chi connectivity index (χ4n) is 2.19. The summed E-state index contributed by atoms with van der Waals surface area (Å²) in [4.78, 5) is 16.4. The summed E-state index contributed by atoms with van der Waals surface area (Å²) in [5.41, 5.74) is 8.57. The molecular weight excluding hydrogens is 330 g/mol. The van der Waals surface area contributed by atoms with Crippen LogP contribution in [0.15, 0.2) is 29.6 Å². The van der Waals surface area contributed by atoms with Gasteiger partial charge in [0, 0.05) is 10.9 Å². The zero-order valence-corrected chi connectivity index (χ0v) is 15.2. The van der Waals surface area contributed by atoms with Crippen LogP contribution in [0.25, 0.3) is 11.3 Å². The molecule has 1 heterocycles. The number of nitrogens with zero attached hydrogens (tertiary/aromatic N) is 1. The lowest BCUT2D eigenvalue weighted by Gasteiger charge is -2.18. The van der Waals surface area contributed by atoms with E-state index >= 15 is 0 Å². The fraction of sp³-hybridized carbons (Fsp3) is 0.412. The Morgan fingerprint density at radius 3 is 2.39 bits per heavy atom. The van der Waals surface area contributed by atoms with E-state index in [1.165, 1.54) is 16.9 Å². The van der Waals surface area contributed by atoms with Crippen molar-refractivity contribution in [2.45, 2.75) is 44.6 Å². The minimum Gasteiger partial charge on any atom is -0.317 e. The van der Waals surface area contributed by atoms with Gasteiger partial charge >= 0.3 is 0 Å². The van der Waals surface area contributed by atoms with Crippen LogP contribution in [-0.2, 0) is 10.2 Å². The summed E-state index contributed by atoms with van der Waals surface area (Å²) in [6, 6.07) is 8.41. The van der Waals surface area contributed by atoms with Crippen LogP contribution in [0.5, 0.6) is 0 Å². The van der Waals surface area contributed by atoms with E-state index in [2.05, 4.69) is 55.3 Å². The van der Waals surface area contributed by atoms with Crippen molar-refractivity contribution in [1.29, 1.82) is 0 Å². The quantitative estimate of drug-likeness (QED) is 0.879. The molecule has 0 aliphatic heterocycles. The Labute approximate surface area is 146 Å². The van der Waals surface area contributed by atoms with E-state index in [1.807, 2.05) is 5.38 Å². The largest absolute Gasteiger partial charge is 0.317 e. The summed E-state index contributed by atoms with van der Waals surface area (Å²) in [6.45, 7) is 6.58. The molecule has 0 radical (unpaired) electrons. The van der Waals surface area contributed by atoms with Crippen molar-refractivity contribution in [1.82, 2.24) is 4.98 Å². The number of hydrogen-bond acceptors (Lipinski definition) is 4. The SMILES string of the molecule is CC(C)(C)c1ccc(-c2csc(NC(=O)C3(N)CC3)n2)cc1.Cl. The van der Waals surface area contributed by atoms with Gasteiger partial charge in [0.1, 0.15) is 0 Å². The van der Waals surface area contributed by atoms with Crippen molar-refractivity contribution >= 4 is 34.8 Å². The van der Waals surface area contributed by atoms with E-state index in [0.717, 1.165) is 24.1 Å². The number of benzene rings is 1. The number of nitrogens with one attached hydrogen (secondary N) is 1. The Kier molecular flexibility index (Phi) is 4.85. The lowest BCUT2D eigenvalue weighted by molar-refractivity contribution is -0.118. The third kappa shape index (κ3) is 3.91. The molecule has 1 fully saturated rings. The molecule has 2 aromatic rings. The minimum absolute atomic E-state index is 0. The van der Waals surface area contributed by atoms with Crippen LogP contribution in [0.4, 0.5) is 5.13 Å². The molecule has 1 saturated carbocycles. The Hall–Kier alpha value is -1.43. The van der Waals surface area contributed by atoms with Crippen molar-refractivity contribution < 1.29 is 4.79 Å². The second-order valence-corrected chi connectivity index (χ2v) is 7.83. The van der Waals surface area contributed by atoms with Crippen molar-refractivity contribution in [3.8, 4) is 11.3 Å². The van der Waals surface area contributed by atoms with Crippen molar-refractivity contribution in [3.05, 3.63) is 35.2 Å². The number of anilines is 1. The third-order valence-corrected chi connectivity index (χ3v) is 4.77. The second kappa shape index (κ2) is 6.23. The molecule has 1 aliphatic rings. The summed E-state index contributed by atoms with van der Waals surface area (Å²) >= 11 is 1.43. The Balaban J connectivity index is 0.00000192. The third-order valence-electron chi connectivity index (χ3n) is 4.01. The summed E-state index contributed by atoms with van der Waals surface area (Å²) < 4.78 is 0. The number of halogens is 1. The molecule has 0 unspecified atom stereocenters. The second-order valence-electron chi connectivity index (χ2n) is 6.98. The monoisotopic (exact) mass is 351 g/mol. The van der Waals surface area contributed by atoms with Crippen LogP contribution in [-0.4, -0.2) is 16.4 Å². The van der Waals surface area contributed by atoms with Crippen molar-refractivity contribution in [2.75, 3.05) is 5.32 Å². The number of carbonyl (C=O) groups is 1. The fourth-order valence-corrected chi connectivity index (χ4v) is 2.90. The number of hydrogen-bond donors (Lipinski definition) is 2. The summed E-state index contributed by atoms with van der Waals surface area (Å²) in [7, 11) is 0. The van der Waals surface area contributed by atoms with E-state index in [9.17, 15) is 4.79 Å². The minimum atomic E-state index is -0.666. The highest BCUT2D eigenvalue weighted by Crippen LogP contribution is 2.34. The van der Waals surface area contributed by atoms with Gasteiger partial charge in [-0.05, 0) is 23.8 Å². The van der Waals surface area contributed by atoms with Crippen LogP contribution >= 0.6 is 23.7 Å². The first kappa shape index (κ1) is 17.9. The molecule has 6 heteroatoms. The van der Waals surface area contributed by atoms with E-state index in [4.69, 9.17) is 5.73 Å². The normalized spacial score (nSPS) is 15.7. The van der Waals surface area contributed by atoms with Gasteiger partial charge in [0.15, 0.2) is 5.13 Å². The van der Waals surface area contributed by atoms with Gasteiger partial charge in [0.05, 0.1) is 11.2 Å². The molecular formula is C17H22ClN3OS. The number of rotatable bonds is 3. The highest BCUT2D eigenvalue weighted by molar-refractivity contribution is 7.14. The number of amides is 1. The van der Waals surface area contributed by atoms with Gasteiger partial charge in [-0.1, -0.05) is 45.0 Å². The molecule has 1 amide bonds. The maximum Gasteiger partial charge on any atom is 0.246 e. The summed E-state index contributed by atoms with van der Waals surface area (Å²) in [6.07, 6.45) is 1.51. The van der Waals surface area contributed by atoms with Gasteiger partial charge in [0.2, 0.25) is 5.91 Å². The Morgan fingerprint density at radius 2 is 1.87 bits per heavy atom. The van der Waals surface area contributed by atoms with Crippen molar-refractivity contribution in [3.63, 3.8) is 0 Å².